The van der Waals surface area contributed by atoms with Crippen molar-refractivity contribution in [1.82, 2.24) is 0 Å². The minimum absolute atomic E-state index is 0.0163. The summed E-state index contributed by atoms with van der Waals surface area (Å²) in [5.41, 5.74) is 0. The molecule has 0 aliphatic heterocycles. The summed E-state index contributed by atoms with van der Waals surface area (Å²) >= 11 is 0. The topological polar surface area (TPSA) is 19.9 Å². The maximum Gasteiger partial charge on any atom is 0.149 e. The third-order valence-corrected chi connectivity index (χ3v) is 0.952. The molecule has 0 N–H and O–H groups in total. The van der Waals surface area contributed by atoms with E-state index in [2.05, 4.69) is 13.2 Å². The Labute approximate surface area is 50.3 Å². The van der Waals surface area contributed by atoms with Crippen molar-refractivity contribution >= 4 is 0 Å². The number of allylic oxidation sites excluding steroid dienone is 2. The number of rotatable bonds is 3. The largest absolute Gasteiger partial charge is 0.296 e. The predicted octanol–water partition coefficient (Wildman–Crippen LogP) is 2.14. The average molecular weight is 111 g/mol. The third kappa shape index (κ3) is 3.47. The molecule has 1 radical (unpaired) electrons. The van der Waals surface area contributed by atoms with Gasteiger partial charge in [0, 0.05) is 6.42 Å². The Morgan fingerprint density at radius 3 is 2.50 bits per heavy atom. The van der Waals surface area contributed by atoms with E-state index in [1.165, 1.54) is 0 Å². The van der Waals surface area contributed by atoms with Gasteiger partial charge in [-0.1, -0.05) is 19.6 Å². The molecule has 1 heteroatoms. The molecule has 0 fully saturated rings. The zero-order valence-electron chi connectivity index (χ0n) is 5.18. The molecule has 0 aromatic carbocycles. The van der Waals surface area contributed by atoms with Gasteiger partial charge in [-0.2, -0.15) is 0 Å². The summed E-state index contributed by atoms with van der Waals surface area (Å²) < 4.78 is 0. The quantitative estimate of drug-likeness (QED) is 0.393. The Hall–Kier alpha value is -0.720. The van der Waals surface area contributed by atoms with Gasteiger partial charge in [0.05, 0.1) is 0 Å². The highest BCUT2D eigenvalue weighted by atomic mass is 16.3. The first kappa shape index (κ1) is 7.28. The molecule has 8 heavy (non-hydrogen) atoms. The summed E-state index contributed by atoms with van der Waals surface area (Å²) in [4.78, 5) is 0. The summed E-state index contributed by atoms with van der Waals surface area (Å²) in [7, 11) is 0. The van der Waals surface area contributed by atoms with E-state index in [1.807, 2.05) is 6.92 Å². The van der Waals surface area contributed by atoms with Crippen LogP contribution in [0.1, 0.15) is 13.3 Å². The lowest BCUT2D eigenvalue weighted by atomic mass is 10.1. The number of hydrogen-bond acceptors (Lipinski definition) is 0. The summed E-state index contributed by atoms with van der Waals surface area (Å²) in [6.07, 6.45) is 2.27. The second kappa shape index (κ2) is 3.30. The van der Waals surface area contributed by atoms with E-state index in [0.717, 1.165) is 0 Å². The van der Waals surface area contributed by atoms with Crippen LogP contribution in [0, 0.1) is 5.92 Å². The monoisotopic (exact) mass is 111 g/mol. The first-order valence-corrected chi connectivity index (χ1v) is 2.64. The van der Waals surface area contributed by atoms with Crippen LogP contribution in [0.5, 0.6) is 0 Å². The van der Waals surface area contributed by atoms with Gasteiger partial charge in [-0.05, 0) is 5.92 Å². The molecule has 0 saturated carbocycles. The summed E-state index contributed by atoms with van der Waals surface area (Å²) in [5.74, 6) is 0.261. The van der Waals surface area contributed by atoms with Gasteiger partial charge < -0.3 is 0 Å². The highest BCUT2D eigenvalue weighted by molar-refractivity contribution is 4.87. The van der Waals surface area contributed by atoms with Crippen LogP contribution in [0.15, 0.2) is 25.0 Å². The summed E-state index contributed by atoms with van der Waals surface area (Å²) in [6.45, 7) is 8.71. The summed E-state index contributed by atoms with van der Waals surface area (Å²) in [6, 6.07) is 0. The number of hydrogen-bond donors (Lipinski definition) is 0. The molecule has 0 aromatic heterocycles. The molecule has 0 aromatic rings. The fourth-order valence-electron chi connectivity index (χ4n) is 0.442. The molecule has 1 nitrogen and oxygen atoms in total. The van der Waals surface area contributed by atoms with Gasteiger partial charge in [0.1, 0.15) is 5.76 Å². The Morgan fingerprint density at radius 1 is 1.88 bits per heavy atom. The van der Waals surface area contributed by atoms with Crippen molar-refractivity contribution < 1.29 is 5.11 Å². The smallest absolute Gasteiger partial charge is 0.149 e. The molecule has 45 valence electrons. The lowest BCUT2D eigenvalue weighted by molar-refractivity contribution is 0.274. The van der Waals surface area contributed by atoms with Crippen LogP contribution < -0.4 is 0 Å². The van der Waals surface area contributed by atoms with Gasteiger partial charge in [0.2, 0.25) is 0 Å². The Balaban J connectivity index is 3.38. The second-order valence-electron chi connectivity index (χ2n) is 1.96. The molecular weight excluding hydrogens is 100 g/mol. The van der Waals surface area contributed by atoms with Gasteiger partial charge >= 0.3 is 0 Å². The molecule has 0 saturated heterocycles. The van der Waals surface area contributed by atoms with Gasteiger partial charge in [-0.25, -0.2) is 0 Å². The van der Waals surface area contributed by atoms with Crippen molar-refractivity contribution in [3.05, 3.63) is 25.0 Å². The van der Waals surface area contributed by atoms with Crippen molar-refractivity contribution in [2.24, 2.45) is 5.92 Å². The molecule has 1 unspecified atom stereocenters. The zero-order valence-corrected chi connectivity index (χ0v) is 5.18. The molecule has 0 aliphatic rings. The van der Waals surface area contributed by atoms with E-state index < -0.39 is 0 Å². The Kier molecular flexibility index (Phi) is 3.01. The maximum atomic E-state index is 10.3. The average Bonchev–Trinajstić information content (AvgIpc) is 1.65. The SMILES string of the molecule is C=CC(C)CC(=C)[O]. The zero-order chi connectivity index (χ0) is 6.57. The van der Waals surface area contributed by atoms with Crippen molar-refractivity contribution in [2.45, 2.75) is 13.3 Å². The van der Waals surface area contributed by atoms with Crippen molar-refractivity contribution in [2.75, 3.05) is 0 Å². The Bertz CT molecular complexity index is 94.6. The maximum absolute atomic E-state index is 10.3. The normalized spacial score (nSPS) is 12.6. The minimum Gasteiger partial charge on any atom is -0.296 e. The minimum atomic E-state index is -0.0163. The van der Waals surface area contributed by atoms with Crippen LogP contribution in [-0.2, 0) is 5.11 Å². The second-order valence-corrected chi connectivity index (χ2v) is 1.96. The molecule has 1 atom stereocenters. The standard InChI is InChI=1S/C7H11O/c1-4-6(2)5-7(3)8/h4,6H,1,3,5H2,2H3. The van der Waals surface area contributed by atoms with E-state index in [1.54, 1.807) is 6.08 Å². The molecule has 0 rings (SSSR count). The van der Waals surface area contributed by atoms with E-state index in [-0.39, 0.29) is 11.7 Å². The van der Waals surface area contributed by atoms with Crippen molar-refractivity contribution in [3.8, 4) is 0 Å². The van der Waals surface area contributed by atoms with Crippen molar-refractivity contribution in [3.63, 3.8) is 0 Å². The van der Waals surface area contributed by atoms with Gasteiger partial charge in [0.25, 0.3) is 0 Å². The third-order valence-electron chi connectivity index (χ3n) is 0.952. The van der Waals surface area contributed by atoms with E-state index >= 15 is 0 Å². The predicted molar refractivity (Wildman–Crippen MR) is 33.8 cm³/mol. The van der Waals surface area contributed by atoms with Crippen LogP contribution in [0.3, 0.4) is 0 Å². The summed E-state index contributed by atoms with van der Waals surface area (Å²) in [5, 5.41) is 10.3. The van der Waals surface area contributed by atoms with Gasteiger partial charge in [-0.15, -0.1) is 6.58 Å². The molecule has 0 bridgehead atoms. The van der Waals surface area contributed by atoms with Crippen LogP contribution in [0.4, 0.5) is 0 Å². The molecule has 0 aliphatic carbocycles. The molecular formula is C7H11O. The van der Waals surface area contributed by atoms with E-state index in [4.69, 9.17) is 0 Å². The van der Waals surface area contributed by atoms with E-state index in [0.29, 0.717) is 6.42 Å². The van der Waals surface area contributed by atoms with Crippen molar-refractivity contribution in [1.29, 1.82) is 0 Å². The first-order chi connectivity index (χ1) is 3.66. The lowest BCUT2D eigenvalue weighted by Crippen LogP contribution is -1.88. The molecule has 0 amide bonds. The Morgan fingerprint density at radius 2 is 2.38 bits per heavy atom. The highest BCUT2D eigenvalue weighted by Gasteiger charge is 1.97. The highest BCUT2D eigenvalue weighted by Crippen LogP contribution is 2.06. The van der Waals surface area contributed by atoms with Crippen LogP contribution >= 0.6 is 0 Å². The first-order valence-electron chi connectivity index (χ1n) is 2.64. The van der Waals surface area contributed by atoms with Crippen LogP contribution in [0.25, 0.3) is 0 Å². The molecule has 0 spiro atoms. The fourth-order valence-corrected chi connectivity index (χ4v) is 0.442. The van der Waals surface area contributed by atoms with Gasteiger partial charge in [0.15, 0.2) is 0 Å². The van der Waals surface area contributed by atoms with Crippen LogP contribution in [-0.4, -0.2) is 0 Å². The lowest BCUT2D eigenvalue weighted by Gasteiger charge is -1.98. The fraction of sp³-hybridized carbons (Fsp3) is 0.429. The molecule has 0 heterocycles. The van der Waals surface area contributed by atoms with Crippen LogP contribution in [0.2, 0.25) is 0 Å². The van der Waals surface area contributed by atoms with Gasteiger partial charge in [-0.3, -0.25) is 5.11 Å². The van der Waals surface area contributed by atoms with E-state index in [9.17, 15) is 5.11 Å².